The smallest absolute Gasteiger partial charge is 0.271 e. The van der Waals surface area contributed by atoms with Crippen molar-refractivity contribution in [3.8, 4) is 0 Å². The fourth-order valence-corrected chi connectivity index (χ4v) is 4.60. The Kier molecular flexibility index (Phi) is 5.43. The minimum Gasteiger partial charge on any atom is -0.337 e. The molecule has 0 bridgehead atoms. The van der Waals surface area contributed by atoms with Crippen LogP contribution in [-0.2, 0) is 17.6 Å². The molecule has 2 aromatic heterocycles. The molecule has 4 heterocycles. The van der Waals surface area contributed by atoms with Gasteiger partial charge in [-0.05, 0) is 37.8 Å². The fraction of sp³-hybridized carbons (Fsp3) is 0.375. The Morgan fingerprint density at radius 3 is 2.78 bits per heavy atom. The number of carbonyl (C=O) groups is 2. The average Bonchev–Trinajstić information content (AvgIpc) is 3.51. The van der Waals surface area contributed by atoms with Crippen LogP contribution in [-0.4, -0.2) is 56.5 Å². The third kappa shape index (κ3) is 3.88. The SMILES string of the molecule is Cc1nc([C@@H]2CCN(C(=O)c3ccn[nH]3)C2)nc2c1CCC(=O)N2CCc1ccccc1. The van der Waals surface area contributed by atoms with Gasteiger partial charge in [-0.25, -0.2) is 9.97 Å². The number of rotatable bonds is 5. The van der Waals surface area contributed by atoms with Gasteiger partial charge in [0.1, 0.15) is 17.3 Å². The first-order chi connectivity index (χ1) is 15.6. The third-order valence-corrected chi connectivity index (χ3v) is 6.39. The Balaban J connectivity index is 1.37. The van der Waals surface area contributed by atoms with Crippen LogP contribution in [0.25, 0.3) is 0 Å². The molecule has 2 amide bonds. The highest BCUT2D eigenvalue weighted by Crippen LogP contribution is 2.32. The maximum absolute atomic E-state index is 12.8. The van der Waals surface area contributed by atoms with Crippen LogP contribution in [0.1, 0.15) is 51.9 Å². The van der Waals surface area contributed by atoms with Crippen LogP contribution in [0, 0.1) is 6.92 Å². The Morgan fingerprint density at radius 1 is 1.16 bits per heavy atom. The zero-order valence-corrected chi connectivity index (χ0v) is 18.1. The molecule has 2 aliphatic rings. The van der Waals surface area contributed by atoms with E-state index >= 15 is 0 Å². The molecule has 164 valence electrons. The van der Waals surface area contributed by atoms with Crippen molar-refractivity contribution in [3.05, 3.63) is 70.9 Å². The summed E-state index contributed by atoms with van der Waals surface area (Å²) in [4.78, 5) is 38.8. The van der Waals surface area contributed by atoms with E-state index in [1.165, 1.54) is 5.56 Å². The third-order valence-electron chi connectivity index (χ3n) is 6.39. The highest BCUT2D eigenvalue weighted by Gasteiger charge is 2.33. The van der Waals surface area contributed by atoms with Crippen molar-refractivity contribution >= 4 is 17.6 Å². The van der Waals surface area contributed by atoms with E-state index in [9.17, 15) is 9.59 Å². The second kappa shape index (κ2) is 8.53. The van der Waals surface area contributed by atoms with E-state index in [-0.39, 0.29) is 17.7 Å². The van der Waals surface area contributed by atoms with Gasteiger partial charge in [-0.15, -0.1) is 0 Å². The number of fused-ring (bicyclic) bond motifs is 1. The van der Waals surface area contributed by atoms with Gasteiger partial charge in [-0.2, -0.15) is 5.10 Å². The molecule has 0 unspecified atom stereocenters. The van der Waals surface area contributed by atoms with E-state index in [0.717, 1.165) is 35.7 Å². The predicted molar refractivity (Wildman–Crippen MR) is 119 cm³/mol. The second-order valence-electron chi connectivity index (χ2n) is 8.46. The predicted octanol–water partition coefficient (Wildman–Crippen LogP) is 2.66. The number of carbonyl (C=O) groups excluding carboxylic acids is 2. The molecule has 32 heavy (non-hydrogen) atoms. The minimum atomic E-state index is -0.0562. The molecule has 2 aliphatic heterocycles. The maximum atomic E-state index is 12.8. The summed E-state index contributed by atoms with van der Waals surface area (Å²) in [5, 5.41) is 6.61. The molecular weight excluding hydrogens is 404 g/mol. The molecule has 0 spiro atoms. The van der Waals surface area contributed by atoms with Crippen LogP contribution in [0.5, 0.6) is 0 Å². The number of aryl methyl sites for hydroxylation is 1. The van der Waals surface area contributed by atoms with E-state index in [1.54, 1.807) is 12.3 Å². The summed E-state index contributed by atoms with van der Waals surface area (Å²) in [7, 11) is 0. The monoisotopic (exact) mass is 430 g/mol. The molecule has 1 aromatic carbocycles. The minimum absolute atomic E-state index is 0.0545. The van der Waals surface area contributed by atoms with E-state index < -0.39 is 0 Å². The average molecular weight is 431 g/mol. The summed E-state index contributed by atoms with van der Waals surface area (Å²) in [5.74, 6) is 1.58. The van der Waals surface area contributed by atoms with Gasteiger partial charge >= 0.3 is 0 Å². The summed E-state index contributed by atoms with van der Waals surface area (Å²) in [6.45, 7) is 3.81. The van der Waals surface area contributed by atoms with E-state index in [0.29, 0.717) is 38.2 Å². The normalized spacial score (nSPS) is 18.2. The first-order valence-electron chi connectivity index (χ1n) is 11.1. The number of nitrogens with one attached hydrogen (secondary N) is 1. The number of aromatic nitrogens is 4. The van der Waals surface area contributed by atoms with Crippen LogP contribution in [0.15, 0.2) is 42.6 Å². The first-order valence-corrected chi connectivity index (χ1v) is 11.1. The van der Waals surface area contributed by atoms with Crippen LogP contribution >= 0.6 is 0 Å². The number of likely N-dealkylation sites (tertiary alicyclic amines) is 1. The van der Waals surface area contributed by atoms with Crippen LogP contribution in [0.3, 0.4) is 0 Å². The van der Waals surface area contributed by atoms with Gasteiger partial charge in [0.05, 0.1) is 0 Å². The molecule has 0 aliphatic carbocycles. The second-order valence-corrected chi connectivity index (χ2v) is 8.46. The van der Waals surface area contributed by atoms with Crippen molar-refractivity contribution in [2.75, 3.05) is 24.5 Å². The standard InChI is InChI=1S/C24H26N6O2/c1-16-19-7-8-21(31)30(14-10-17-5-3-2-4-6-17)23(19)27-22(26-16)18-11-13-29(15-18)24(32)20-9-12-25-28-20/h2-6,9,12,18H,7-8,10-11,13-15H2,1H3,(H,25,28)/t18-/m1/s1. The van der Waals surface area contributed by atoms with Crippen molar-refractivity contribution < 1.29 is 9.59 Å². The zero-order valence-electron chi connectivity index (χ0n) is 18.1. The van der Waals surface area contributed by atoms with Crippen LogP contribution < -0.4 is 4.90 Å². The number of H-pyrrole nitrogens is 1. The highest BCUT2D eigenvalue weighted by molar-refractivity contribution is 5.95. The van der Waals surface area contributed by atoms with E-state index in [2.05, 4.69) is 22.3 Å². The summed E-state index contributed by atoms with van der Waals surface area (Å²) >= 11 is 0. The topological polar surface area (TPSA) is 95.1 Å². The summed E-state index contributed by atoms with van der Waals surface area (Å²) < 4.78 is 0. The molecule has 1 saturated heterocycles. The number of hydrogen-bond donors (Lipinski definition) is 1. The Bertz CT molecular complexity index is 1130. The molecule has 5 rings (SSSR count). The quantitative estimate of drug-likeness (QED) is 0.672. The molecule has 1 N–H and O–H groups in total. The largest absolute Gasteiger partial charge is 0.337 e. The zero-order chi connectivity index (χ0) is 22.1. The lowest BCUT2D eigenvalue weighted by atomic mass is 10.0. The van der Waals surface area contributed by atoms with Gasteiger partial charge in [0.15, 0.2) is 0 Å². The first kappa shape index (κ1) is 20.4. The molecule has 1 fully saturated rings. The van der Waals surface area contributed by atoms with Crippen molar-refractivity contribution in [1.82, 2.24) is 25.1 Å². The van der Waals surface area contributed by atoms with Crippen molar-refractivity contribution in [3.63, 3.8) is 0 Å². The fourth-order valence-electron chi connectivity index (χ4n) is 4.60. The number of hydrogen-bond acceptors (Lipinski definition) is 5. The molecule has 8 heteroatoms. The van der Waals surface area contributed by atoms with Crippen LogP contribution in [0.2, 0.25) is 0 Å². The van der Waals surface area contributed by atoms with Crippen molar-refractivity contribution in [2.45, 2.75) is 38.5 Å². The summed E-state index contributed by atoms with van der Waals surface area (Å²) in [6.07, 6.45) is 4.33. The number of nitrogens with zero attached hydrogens (tertiary/aromatic N) is 5. The lowest BCUT2D eigenvalue weighted by Crippen LogP contribution is -2.38. The highest BCUT2D eigenvalue weighted by atomic mass is 16.2. The molecular formula is C24H26N6O2. The van der Waals surface area contributed by atoms with Crippen molar-refractivity contribution in [2.24, 2.45) is 0 Å². The Labute approximate surface area is 186 Å². The number of anilines is 1. The Hall–Kier alpha value is -3.55. The lowest BCUT2D eigenvalue weighted by Gasteiger charge is -2.30. The van der Waals surface area contributed by atoms with Gasteiger partial charge in [-0.3, -0.25) is 19.6 Å². The molecule has 0 saturated carbocycles. The van der Waals surface area contributed by atoms with E-state index in [1.807, 2.05) is 34.9 Å². The van der Waals surface area contributed by atoms with E-state index in [4.69, 9.17) is 9.97 Å². The van der Waals surface area contributed by atoms with Gasteiger partial charge in [-0.1, -0.05) is 30.3 Å². The molecule has 8 nitrogen and oxygen atoms in total. The van der Waals surface area contributed by atoms with Crippen LogP contribution in [0.4, 0.5) is 5.82 Å². The van der Waals surface area contributed by atoms with Crippen molar-refractivity contribution in [1.29, 1.82) is 0 Å². The summed E-state index contributed by atoms with van der Waals surface area (Å²) in [6, 6.07) is 11.9. The van der Waals surface area contributed by atoms with Gasteiger partial charge < -0.3 is 4.90 Å². The molecule has 1 atom stereocenters. The number of amides is 2. The number of aromatic amines is 1. The van der Waals surface area contributed by atoms with Gasteiger partial charge in [0.25, 0.3) is 5.91 Å². The molecule has 0 radical (unpaired) electrons. The lowest BCUT2D eigenvalue weighted by molar-refractivity contribution is -0.118. The van der Waals surface area contributed by atoms with Gasteiger partial charge in [0, 0.05) is 49.4 Å². The summed E-state index contributed by atoms with van der Waals surface area (Å²) in [5.41, 5.74) is 3.68. The molecule has 3 aromatic rings. The number of benzene rings is 1. The van der Waals surface area contributed by atoms with Gasteiger partial charge in [0.2, 0.25) is 5.91 Å². The Morgan fingerprint density at radius 2 is 2.00 bits per heavy atom. The maximum Gasteiger partial charge on any atom is 0.271 e.